The molecule has 160 valence electrons. The van der Waals surface area contributed by atoms with Crippen molar-refractivity contribution < 1.29 is 23.5 Å². The van der Waals surface area contributed by atoms with Gasteiger partial charge >= 0.3 is 6.09 Å². The maximum absolute atomic E-state index is 13.5. The number of nitrogens with one attached hydrogen (secondary N) is 2. The first-order chi connectivity index (χ1) is 14.8. The van der Waals surface area contributed by atoms with Crippen molar-refractivity contribution in [2.75, 3.05) is 17.2 Å². The van der Waals surface area contributed by atoms with E-state index in [1.165, 1.54) is 10.9 Å². The number of carbonyl (C=O) groups is 2. The van der Waals surface area contributed by atoms with E-state index in [1.54, 1.807) is 26.1 Å². The minimum atomic E-state index is -0.855. The molecule has 31 heavy (non-hydrogen) atoms. The Hall–Kier alpha value is -3.73. The first-order valence-electron chi connectivity index (χ1n) is 9.06. The molecule has 1 aliphatic rings. The molecule has 2 N–H and O–H groups in total. The quantitative estimate of drug-likeness (QED) is 0.590. The summed E-state index contributed by atoms with van der Waals surface area (Å²) in [5, 5.41) is 9.45. The molecule has 0 aromatic carbocycles. The highest BCUT2D eigenvalue weighted by molar-refractivity contribution is 6.30. The number of nitrogens with zero attached hydrogens (tertiary/aromatic N) is 4. The van der Waals surface area contributed by atoms with Gasteiger partial charge in [0.15, 0.2) is 6.61 Å². The maximum atomic E-state index is 13.5. The molecule has 0 aliphatic carbocycles. The van der Waals surface area contributed by atoms with Crippen molar-refractivity contribution in [3.05, 3.63) is 47.1 Å². The number of hydrogen-bond acceptors (Lipinski definition) is 7. The predicted octanol–water partition coefficient (Wildman–Crippen LogP) is 3.31. The Morgan fingerprint density at radius 3 is 3.03 bits per heavy atom. The normalized spacial score (nSPS) is 13.6. The van der Waals surface area contributed by atoms with Crippen LogP contribution in [-0.4, -0.2) is 38.4 Å². The summed E-state index contributed by atoms with van der Waals surface area (Å²) < 4.78 is 25.5. The second kappa shape index (κ2) is 8.19. The van der Waals surface area contributed by atoms with Crippen molar-refractivity contribution in [1.29, 1.82) is 0 Å². The lowest BCUT2D eigenvalue weighted by molar-refractivity contribution is -0.118. The smallest absolute Gasteiger partial charge is 0.413 e. The summed E-state index contributed by atoms with van der Waals surface area (Å²) in [5.41, 5.74) is 1.65. The van der Waals surface area contributed by atoms with Crippen LogP contribution >= 0.6 is 11.6 Å². The molecule has 0 saturated carbocycles. The van der Waals surface area contributed by atoms with Gasteiger partial charge in [0, 0.05) is 12.6 Å². The van der Waals surface area contributed by atoms with Crippen LogP contribution in [0, 0.1) is 5.82 Å². The molecular weight excluding hydrogens is 431 g/mol. The molecule has 0 bridgehead atoms. The van der Waals surface area contributed by atoms with Gasteiger partial charge in [-0.2, -0.15) is 5.10 Å². The maximum Gasteiger partial charge on any atom is 0.413 e. The van der Waals surface area contributed by atoms with Gasteiger partial charge in [0.2, 0.25) is 5.88 Å². The van der Waals surface area contributed by atoms with Gasteiger partial charge < -0.3 is 14.8 Å². The lowest BCUT2D eigenvalue weighted by atomic mass is 10.2. The molecule has 1 atom stereocenters. The van der Waals surface area contributed by atoms with Crippen LogP contribution in [0.4, 0.5) is 20.7 Å². The number of fused-ring (bicyclic) bond motifs is 1. The monoisotopic (exact) mass is 446 g/mol. The van der Waals surface area contributed by atoms with Crippen molar-refractivity contribution in [1.82, 2.24) is 19.7 Å². The average Bonchev–Trinajstić information content (AvgIpc) is 3.09. The molecule has 4 rings (SSSR count). The van der Waals surface area contributed by atoms with Crippen LogP contribution in [0.1, 0.15) is 18.6 Å². The number of ether oxygens (including phenoxy) is 2. The minimum Gasteiger partial charge on any atom is -0.466 e. The number of rotatable bonds is 4. The summed E-state index contributed by atoms with van der Waals surface area (Å²) in [7, 11) is 1.63. The zero-order valence-electron chi connectivity index (χ0n) is 16.3. The Morgan fingerprint density at radius 1 is 1.42 bits per heavy atom. The molecule has 0 fully saturated rings. The van der Waals surface area contributed by atoms with Gasteiger partial charge in [-0.05, 0) is 25.1 Å². The number of amides is 2. The molecule has 0 unspecified atom stereocenters. The highest BCUT2D eigenvalue weighted by Crippen LogP contribution is 2.33. The number of carbonyl (C=O) groups excluding carboxylic acids is 2. The van der Waals surface area contributed by atoms with Crippen LogP contribution in [0.2, 0.25) is 5.15 Å². The van der Waals surface area contributed by atoms with Crippen molar-refractivity contribution in [2.45, 2.75) is 13.0 Å². The van der Waals surface area contributed by atoms with Gasteiger partial charge in [0.25, 0.3) is 5.91 Å². The number of hydrogen-bond donors (Lipinski definition) is 2. The average molecular weight is 447 g/mol. The van der Waals surface area contributed by atoms with Crippen molar-refractivity contribution in [2.24, 2.45) is 7.05 Å². The third kappa shape index (κ3) is 4.26. The Morgan fingerprint density at radius 2 is 2.23 bits per heavy atom. The Bertz CT molecular complexity index is 1180. The first-order valence-corrected chi connectivity index (χ1v) is 9.44. The molecule has 0 saturated heterocycles. The summed E-state index contributed by atoms with van der Waals surface area (Å²) in [6.45, 7) is 1.41. The third-order valence-corrected chi connectivity index (χ3v) is 4.78. The standard InChI is InChI=1S/C19H16ClFN6O4/c1-9(11-5-10(21)6-22-16(11)20)31-19(29)26-17-12(7-23-27(17)2)13-3-4-14-18(25-13)30-8-15(28)24-14/h3-7,9H,8H2,1-2H3,(H,24,28)(H,26,29)/t9-/m1/s1. The van der Waals surface area contributed by atoms with E-state index in [0.717, 1.165) is 12.3 Å². The van der Waals surface area contributed by atoms with Gasteiger partial charge in [-0.3, -0.25) is 14.8 Å². The zero-order valence-corrected chi connectivity index (χ0v) is 17.1. The van der Waals surface area contributed by atoms with Crippen LogP contribution in [0.25, 0.3) is 11.3 Å². The van der Waals surface area contributed by atoms with Crippen LogP contribution in [0.3, 0.4) is 0 Å². The summed E-state index contributed by atoms with van der Waals surface area (Å²) >= 11 is 5.96. The molecule has 0 radical (unpaired) electrons. The van der Waals surface area contributed by atoms with Gasteiger partial charge in [-0.1, -0.05) is 11.6 Å². The highest BCUT2D eigenvalue weighted by atomic mass is 35.5. The largest absolute Gasteiger partial charge is 0.466 e. The predicted molar refractivity (Wildman–Crippen MR) is 108 cm³/mol. The number of aryl methyl sites for hydroxylation is 1. The molecule has 3 aromatic heterocycles. The molecular formula is C19H16ClFN6O4. The molecule has 3 aromatic rings. The zero-order chi connectivity index (χ0) is 22.1. The SMILES string of the molecule is C[C@@H](OC(=O)Nc1c(-c2ccc3c(n2)OCC(=O)N3)cnn1C)c1cc(F)cnc1Cl. The Balaban J connectivity index is 1.54. The Kier molecular flexibility index (Phi) is 5.42. The number of anilines is 2. The summed E-state index contributed by atoms with van der Waals surface area (Å²) in [4.78, 5) is 32.0. The number of pyridine rings is 2. The van der Waals surface area contributed by atoms with Crippen molar-refractivity contribution in [3.63, 3.8) is 0 Å². The van der Waals surface area contributed by atoms with E-state index in [0.29, 0.717) is 22.8 Å². The van der Waals surface area contributed by atoms with Gasteiger partial charge in [0.05, 0.1) is 23.7 Å². The first kappa shape index (κ1) is 20.5. The topological polar surface area (TPSA) is 120 Å². The molecule has 12 heteroatoms. The number of halogens is 2. The van der Waals surface area contributed by atoms with Gasteiger partial charge in [-0.15, -0.1) is 0 Å². The van der Waals surface area contributed by atoms with E-state index in [1.807, 2.05) is 0 Å². The molecule has 1 aliphatic heterocycles. The Labute approximate surface area is 180 Å². The molecule has 2 amide bonds. The number of aromatic nitrogens is 4. The van der Waals surface area contributed by atoms with E-state index in [-0.39, 0.29) is 29.1 Å². The minimum absolute atomic E-state index is 0.0354. The third-order valence-electron chi connectivity index (χ3n) is 4.46. The summed E-state index contributed by atoms with van der Waals surface area (Å²) in [6, 6.07) is 4.45. The highest BCUT2D eigenvalue weighted by Gasteiger charge is 2.22. The second-order valence-electron chi connectivity index (χ2n) is 6.62. The fraction of sp³-hybridized carbons (Fsp3) is 0.211. The fourth-order valence-electron chi connectivity index (χ4n) is 2.96. The van der Waals surface area contributed by atoms with Gasteiger partial charge in [0.1, 0.15) is 28.6 Å². The van der Waals surface area contributed by atoms with Crippen LogP contribution in [0.15, 0.2) is 30.6 Å². The van der Waals surface area contributed by atoms with E-state index in [2.05, 4.69) is 25.7 Å². The lowest BCUT2D eigenvalue weighted by Crippen LogP contribution is -2.26. The van der Waals surface area contributed by atoms with E-state index >= 15 is 0 Å². The van der Waals surface area contributed by atoms with Crippen molar-refractivity contribution >= 4 is 35.1 Å². The second-order valence-corrected chi connectivity index (χ2v) is 6.98. The molecule has 4 heterocycles. The van der Waals surface area contributed by atoms with E-state index in [9.17, 15) is 14.0 Å². The van der Waals surface area contributed by atoms with Crippen LogP contribution in [-0.2, 0) is 16.6 Å². The molecule has 0 spiro atoms. The molecule has 10 nitrogen and oxygen atoms in total. The van der Waals surface area contributed by atoms with Gasteiger partial charge in [-0.25, -0.2) is 19.2 Å². The lowest BCUT2D eigenvalue weighted by Gasteiger charge is -2.18. The van der Waals surface area contributed by atoms with Crippen molar-refractivity contribution in [3.8, 4) is 17.1 Å². The van der Waals surface area contributed by atoms with Crippen LogP contribution in [0.5, 0.6) is 5.88 Å². The fourth-order valence-corrected chi connectivity index (χ4v) is 3.22. The summed E-state index contributed by atoms with van der Waals surface area (Å²) in [6.07, 6.45) is 0.828. The van der Waals surface area contributed by atoms with E-state index in [4.69, 9.17) is 21.1 Å². The summed E-state index contributed by atoms with van der Waals surface area (Å²) in [5.74, 6) is -0.290. The van der Waals surface area contributed by atoms with E-state index < -0.39 is 18.0 Å². The van der Waals surface area contributed by atoms with Crippen LogP contribution < -0.4 is 15.4 Å².